The van der Waals surface area contributed by atoms with Crippen LogP contribution in [0.15, 0.2) is 23.1 Å². The van der Waals surface area contributed by atoms with Crippen LogP contribution in [0.4, 0.5) is 10.5 Å². The Bertz CT molecular complexity index is 573. The standard InChI is InChI=1S/C17H29N3O3/c1-12(2)13(10-19-16(22)23-17(3,4)5)9-18-14-7-8-15(21)20(6)11-14/h7-8,11-13,18H,9-10H2,1-6H3,(H,19,22). The first-order valence-electron chi connectivity index (χ1n) is 7.96. The maximum absolute atomic E-state index is 11.8. The second kappa shape index (κ2) is 8.04. The average molecular weight is 323 g/mol. The zero-order valence-corrected chi connectivity index (χ0v) is 15.0. The van der Waals surface area contributed by atoms with Crippen LogP contribution in [-0.2, 0) is 11.8 Å². The quantitative estimate of drug-likeness (QED) is 0.844. The molecule has 0 aromatic carbocycles. The van der Waals surface area contributed by atoms with Crippen molar-refractivity contribution in [3.05, 3.63) is 28.7 Å². The van der Waals surface area contributed by atoms with Crippen molar-refractivity contribution in [2.75, 3.05) is 18.4 Å². The SMILES string of the molecule is CC(C)C(CNC(=O)OC(C)(C)C)CNc1ccc(=O)n(C)c1. The smallest absolute Gasteiger partial charge is 0.407 e. The summed E-state index contributed by atoms with van der Waals surface area (Å²) in [4.78, 5) is 23.1. The molecule has 1 unspecified atom stereocenters. The number of anilines is 1. The van der Waals surface area contributed by atoms with E-state index in [1.54, 1.807) is 19.3 Å². The Morgan fingerprint density at radius 3 is 2.43 bits per heavy atom. The predicted octanol–water partition coefficient (Wildman–Crippen LogP) is 2.59. The molecule has 0 bridgehead atoms. The summed E-state index contributed by atoms with van der Waals surface area (Å²) < 4.78 is 6.78. The molecule has 0 saturated heterocycles. The van der Waals surface area contributed by atoms with E-state index < -0.39 is 11.7 Å². The van der Waals surface area contributed by atoms with E-state index in [0.29, 0.717) is 19.0 Å². The Hall–Kier alpha value is -1.98. The summed E-state index contributed by atoms with van der Waals surface area (Å²) in [6.45, 7) is 11.0. The van der Waals surface area contributed by atoms with Crippen molar-refractivity contribution >= 4 is 11.8 Å². The van der Waals surface area contributed by atoms with Crippen LogP contribution in [0, 0.1) is 11.8 Å². The van der Waals surface area contributed by atoms with Crippen molar-refractivity contribution in [1.29, 1.82) is 0 Å². The zero-order chi connectivity index (χ0) is 17.6. The molecule has 0 saturated carbocycles. The minimum atomic E-state index is -0.496. The van der Waals surface area contributed by atoms with Crippen LogP contribution in [0.1, 0.15) is 34.6 Å². The van der Waals surface area contributed by atoms with E-state index in [4.69, 9.17) is 4.74 Å². The van der Waals surface area contributed by atoms with Crippen molar-refractivity contribution in [2.24, 2.45) is 18.9 Å². The van der Waals surface area contributed by atoms with Crippen LogP contribution in [0.2, 0.25) is 0 Å². The van der Waals surface area contributed by atoms with E-state index in [0.717, 1.165) is 5.69 Å². The summed E-state index contributed by atoms with van der Waals surface area (Å²) in [6.07, 6.45) is 1.37. The lowest BCUT2D eigenvalue weighted by atomic mass is 9.95. The third-order valence-corrected chi connectivity index (χ3v) is 3.50. The van der Waals surface area contributed by atoms with Gasteiger partial charge in [0.1, 0.15) is 5.60 Å². The lowest BCUT2D eigenvalue weighted by Gasteiger charge is -2.24. The Labute approximate surface area is 138 Å². The lowest BCUT2D eigenvalue weighted by Crippen LogP contribution is -2.38. The Morgan fingerprint density at radius 2 is 1.91 bits per heavy atom. The number of hydrogen-bond acceptors (Lipinski definition) is 4. The molecule has 0 aliphatic rings. The van der Waals surface area contributed by atoms with Gasteiger partial charge in [-0.3, -0.25) is 4.79 Å². The van der Waals surface area contributed by atoms with Gasteiger partial charge >= 0.3 is 6.09 Å². The Balaban J connectivity index is 2.53. The molecule has 130 valence electrons. The second-order valence-corrected chi connectivity index (χ2v) is 7.13. The fraction of sp³-hybridized carbons (Fsp3) is 0.647. The molecule has 0 radical (unpaired) electrons. The highest BCUT2D eigenvalue weighted by Crippen LogP contribution is 2.13. The third-order valence-electron chi connectivity index (χ3n) is 3.50. The van der Waals surface area contributed by atoms with Crippen molar-refractivity contribution in [2.45, 2.75) is 40.2 Å². The van der Waals surface area contributed by atoms with Crippen molar-refractivity contribution in [1.82, 2.24) is 9.88 Å². The van der Waals surface area contributed by atoms with Gasteiger partial charge in [-0.05, 0) is 38.7 Å². The molecule has 1 aromatic rings. The predicted molar refractivity (Wildman–Crippen MR) is 92.7 cm³/mol. The van der Waals surface area contributed by atoms with Crippen LogP contribution < -0.4 is 16.2 Å². The number of nitrogens with one attached hydrogen (secondary N) is 2. The number of pyridine rings is 1. The molecule has 0 fully saturated rings. The number of carbonyl (C=O) groups is 1. The normalized spacial score (nSPS) is 12.8. The molecular formula is C17H29N3O3. The fourth-order valence-electron chi connectivity index (χ4n) is 2.02. The highest BCUT2D eigenvalue weighted by atomic mass is 16.6. The number of hydrogen-bond donors (Lipinski definition) is 2. The summed E-state index contributed by atoms with van der Waals surface area (Å²) in [7, 11) is 1.72. The lowest BCUT2D eigenvalue weighted by molar-refractivity contribution is 0.0516. The molecule has 1 atom stereocenters. The van der Waals surface area contributed by atoms with E-state index in [1.807, 2.05) is 20.8 Å². The van der Waals surface area contributed by atoms with E-state index in [1.165, 1.54) is 10.6 Å². The molecule has 23 heavy (non-hydrogen) atoms. The van der Waals surface area contributed by atoms with E-state index >= 15 is 0 Å². The summed E-state index contributed by atoms with van der Waals surface area (Å²) in [5.74, 6) is 0.643. The number of ether oxygens (including phenoxy) is 1. The first-order chi connectivity index (χ1) is 10.6. The van der Waals surface area contributed by atoms with Crippen LogP contribution in [0.3, 0.4) is 0 Å². The fourth-order valence-corrected chi connectivity index (χ4v) is 2.02. The van der Waals surface area contributed by atoms with E-state index in [9.17, 15) is 9.59 Å². The highest BCUT2D eigenvalue weighted by Gasteiger charge is 2.19. The van der Waals surface area contributed by atoms with Gasteiger partial charge in [-0.15, -0.1) is 0 Å². The van der Waals surface area contributed by atoms with Gasteiger partial charge in [-0.1, -0.05) is 13.8 Å². The molecule has 0 aliphatic carbocycles. The Kier molecular flexibility index (Phi) is 6.66. The van der Waals surface area contributed by atoms with Gasteiger partial charge in [-0.2, -0.15) is 0 Å². The third kappa shape index (κ3) is 7.21. The highest BCUT2D eigenvalue weighted by molar-refractivity contribution is 5.67. The van der Waals surface area contributed by atoms with Crippen molar-refractivity contribution in [3.8, 4) is 0 Å². The molecule has 0 spiro atoms. The van der Waals surface area contributed by atoms with Crippen molar-refractivity contribution < 1.29 is 9.53 Å². The minimum Gasteiger partial charge on any atom is -0.444 e. The first-order valence-corrected chi connectivity index (χ1v) is 7.96. The molecule has 1 aromatic heterocycles. The number of rotatable bonds is 6. The summed E-state index contributed by atoms with van der Waals surface area (Å²) in [6, 6.07) is 3.30. The maximum Gasteiger partial charge on any atom is 0.407 e. The average Bonchev–Trinajstić information content (AvgIpc) is 2.40. The molecule has 6 nitrogen and oxygen atoms in total. The summed E-state index contributed by atoms with van der Waals surface area (Å²) in [5, 5.41) is 6.14. The van der Waals surface area contributed by atoms with E-state index in [2.05, 4.69) is 24.5 Å². The molecule has 0 aliphatic heterocycles. The molecule has 2 N–H and O–H groups in total. The Morgan fingerprint density at radius 1 is 1.26 bits per heavy atom. The number of aromatic nitrogens is 1. The topological polar surface area (TPSA) is 72.4 Å². The first kappa shape index (κ1) is 19.1. The van der Waals surface area contributed by atoms with Crippen LogP contribution in [0.5, 0.6) is 0 Å². The number of aryl methyl sites for hydroxylation is 1. The van der Waals surface area contributed by atoms with Crippen LogP contribution >= 0.6 is 0 Å². The zero-order valence-electron chi connectivity index (χ0n) is 15.0. The summed E-state index contributed by atoms with van der Waals surface area (Å²) >= 11 is 0. The molecule has 1 heterocycles. The maximum atomic E-state index is 11.8. The monoisotopic (exact) mass is 323 g/mol. The van der Waals surface area contributed by atoms with Crippen molar-refractivity contribution in [3.63, 3.8) is 0 Å². The van der Waals surface area contributed by atoms with Gasteiger partial charge in [0, 0.05) is 32.4 Å². The number of amides is 1. The number of nitrogens with zero attached hydrogens (tertiary/aromatic N) is 1. The molecule has 1 amide bonds. The van der Waals surface area contributed by atoms with Gasteiger partial charge in [0.25, 0.3) is 0 Å². The van der Waals surface area contributed by atoms with Crippen LogP contribution in [0.25, 0.3) is 0 Å². The minimum absolute atomic E-state index is 0.0393. The molecular weight excluding hydrogens is 294 g/mol. The van der Waals surface area contributed by atoms with Gasteiger partial charge in [0.05, 0.1) is 5.69 Å². The van der Waals surface area contributed by atoms with Gasteiger partial charge in [-0.25, -0.2) is 4.79 Å². The number of carbonyl (C=O) groups excluding carboxylic acids is 1. The second-order valence-electron chi connectivity index (χ2n) is 7.13. The largest absolute Gasteiger partial charge is 0.444 e. The molecule has 6 heteroatoms. The van der Waals surface area contributed by atoms with Crippen LogP contribution in [-0.4, -0.2) is 29.4 Å². The van der Waals surface area contributed by atoms with Gasteiger partial charge < -0.3 is 19.9 Å². The molecule has 1 rings (SSSR count). The number of alkyl carbamates (subject to hydrolysis) is 1. The van der Waals surface area contributed by atoms with E-state index in [-0.39, 0.29) is 11.5 Å². The van der Waals surface area contributed by atoms with Gasteiger partial charge in [0.2, 0.25) is 5.56 Å². The summed E-state index contributed by atoms with van der Waals surface area (Å²) in [5.41, 5.74) is 0.349. The van der Waals surface area contributed by atoms with Gasteiger partial charge in [0.15, 0.2) is 0 Å².